The molecule has 1 amide bonds. The van der Waals surface area contributed by atoms with Crippen LogP contribution in [-0.2, 0) is 17.6 Å². The summed E-state index contributed by atoms with van der Waals surface area (Å²) >= 11 is 0. The molecule has 1 aromatic heterocycles. The number of hydrogen-bond donors (Lipinski definition) is 1. The number of carbonyl (C=O) groups excluding carboxylic acids is 1. The Balaban J connectivity index is 1.62. The lowest BCUT2D eigenvalue weighted by atomic mass is 10.0. The van der Waals surface area contributed by atoms with E-state index in [9.17, 15) is 9.59 Å². The van der Waals surface area contributed by atoms with Crippen molar-refractivity contribution in [3.63, 3.8) is 0 Å². The molecule has 1 N–H and O–H groups in total. The zero-order valence-electron chi connectivity index (χ0n) is 16.5. The van der Waals surface area contributed by atoms with Crippen LogP contribution in [0.3, 0.4) is 0 Å². The van der Waals surface area contributed by atoms with Gasteiger partial charge in [0.25, 0.3) is 0 Å². The van der Waals surface area contributed by atoms with Crippen molar-refractivity contribution in [3.05, 3.63) is 75.1 Å². The molecule has 5 nitrogen and oxygen atoms in total. The van der Waals surface area contributed by atoms with Gasteiger partial charge in [0, 0.05) is 30.0 Å². The second-order valence-electron chi connectivity index (χ2n) is 6.88. The zero-order valence-corrected chi connectivity index (χ0v) is 16.5. The van der Waals surface area contributed by atoms with E-state index in [0.717, 1.165) is 17.4 Å². The maximum Gasteiger partial charge on any atom is 0.339 e. The van der Waals surface area contributed by atoms with Crippen LogP contribution in [0.2, 0.25) is 0 Å². The lowest BCUT2D eigenvalue weighted by Gasteiger charge is -2.10. The van der Waals surface area contributed by atoms with Crippen molar-refractivity contribution < 1.29 is 13.9 Å². The van der Waals surface area contributed by atoms with Gasteiger partial charge in [-0.1, -0.05) is 24.3 Å². The molecule has 0 aliphatic rings. The number of hydrogen-bond acceptors (Lipinski definition) is 4. The average Bonchev–Trinajstić information content (AvgIpc) is 2.68. The molecule has 0 aliphatic heterocycles. The molecule has 0 spiro atoms. The van der Waals surface area contributed by atoms with Gasteiger partial charge in [-0.15, -0.1) is 0 Å². The second kappa shape index (κ2) is 8.74. The van der Waals surface area contributed by atoms with Gasteiger partial charge >= 0.3 is 5.63 Å². The molecule has 0 saturated heterocycles. The molecule has 0 radical (unpaired) electrons. The van der Waals surface area contributed by atoms with E-state index in [1.165, 1.54) is 11.1 Å². The molecule has 0 aliphatic carbocycles. The number of aryl methyl sites for hydroxylation is 2. The Morgan fingerprint density at radius 3 is 2.64 bits per heavy atom. The fourth-order valence-electron chi connectivity index (χ4n) is 3.34. The Bertz CT molecular complexity index is 1050. The zero-order chi connectivity index (χ0) is 20.1. The molecule has 2 aromatic carbocycles. The monoisotopic (exact) mass is 379 g/mol. The number of rotatable bonds is 7. The molecule has 0 saturated carbocycles. The normalized spacial score (nSPS) is 10.8. The minimum atomic E-state index is -0.397. The summed E-state index contributed by atoms with van der Waals surface area (Å²) in [5, 5.41) is 3.79. The predicted octanol–water partition coefficient (Wildman–Crippen LogP) is 3.71. The molecule has 3 rings (SSSR count). The Kier molecular flexibility index (Phi) is 6.14. The van der Waals surface area contributed by atoms with E-state index in [-0.39, 0.29) is 12.3 Å². The molecular weight excluding hydrogens is 354 g/mol. The van der Waals surface area contributed by atoms with Crippen molar-refractivity contribution in [1.82, 2.24) is 5.32 Å². The molecule has 0 unspecified atom stereocenters. The largest absolute Gasteiger partial charge is 0.497 e. The summed E-state index contributed by atoms with van der Waals surface area (Å²) in [6, 6.07) is 13.5. The first-order chi connectivity index (χ1) is 13.5. The SMILES string of the molecule is COc1ccc2c(C)c(CCC(=O)NCCc3ccccc3C)c(=O)oc2c1. The maximum atomic E-state index is 12.4. The smallest absolute Gasteiger partial charge is 0.339 e. The third-order valence-electron chi connectivity index (χ3n) is 5.07. The first-order valence-corrected chi connectivity index (χ1v) is 9.41. The Hall–Kier alpha value is -3.08. The number of methoxy groups -OCH3 is 1. The molecule has 0 bridgehead atoms. The number of amides is 1. The lowest BCUT2D eigenvalue weighted by molar-refractivity contribution is -0.121. The quantitative estimate of drug-likeness (QED) is 0.636. The summed E-state index contributed by atoms with van der Waals surface area (Å²) in [4.78, 5) is 24.6. The van der Waals surface area contributed by atoms with Crippen molar-refractivity contribution in [2.45, 2.75) is 33.1 Å². The van der Waals surface area contributed by atoms with E-state index in [1.54, 1.807) is 13.2 Å². The lowest BCUT2D eigenvalue weighted by Crippen LogP contribution is -2.26. The fourth-order valence-corrected chi connectivity index (χ4v) is 3.34. The Morgan fingerprint density at radius 2 is 1.89 bits per heavy atom. The molecule has 5 heteroatoms. The first-order valence-electron chi connectivity index (χ1n) is 9.41. The van der Waals surface area contributed by atoms with Crippen LogP contribution in [0.5, 0.6) is 5.75 Å². The third kappa shape index (κ3) is 4.42. The van der Waals surface area contributed by atoms with Gasteiger partial charge in [-0.3, -0.25) is 4.79 Å². The standard InChI is InChI=1S/C23H25NO4/c1-15-6-4-5-7-17(15)12-13-24-22(25)11-10-20-16(2)19-9-8-18(27-3)14-21(19)28-23(20)26/h4-9,14H,10-13H2,1-3H3,(H,24,25). The molecule has 0 atom stereocenters. The minimum absolute atomic E-state index is 0.0674. The number of fused-ring (bicyclic) bond motifs is 1. The topological polar surface area (TPSA) is 68.5 Å². The summed E-state index contributed by atoms with van der Waals surface area (Å²) in [6.07, 6.45) is 1.39. The van der Waals surface area contributed by atoms with Crippen LogP contribution < -0.4 is 15.7 Å². The van der Waals surface area contributed by atoms with E-state index < -0.39 is 5.63 Å². The Morgan fingerprint density at radius 1 is 1.11 bits per heavy atom. The van der Waals surface area contributed by atoms with Crippen molar-refractivity contribution in [3.8, 4) is 5.75 Å². The average molecular weight is 379 g/mol. The van der Waals surface area contributed by atoms with Crippen LogP contribution in [0, 0.1) is 13.8 Å². The van der Waals surface area contributed by atoms with Gasteiger partial charge in [-0.25, -0.2) is 4.79 Å². The number of ether oxygens (including phenoxy) is 1. The van der Waals surface area contributed by atoms with Gasteiger partial charge in [-0.05, 0) is 55.5 Å². The van der Waals surface area contributed by atoms with E-state index in [2.05, 4.69) is 24.4 Å². The van der Waals surface area contributed by atoms with E-state index in [4.69, 9.17) is 9.15 Å². The minimum Gasteiger partial charge on any atom is -0.497 e. The van der Waals surface area contributed by atoms with Crippen LogP contribution in [0.1, 0.15) is 28.7 Å². The van der Waals surface area contributed by atoms with Gasteiger partial charge in [0.15, 0.2) is 0 Å². The van der Waals surface area contributed by atoms with Crippen LogP contribution in [-0.4, -0.2) is 19.6 Å². The summed E-state index contributed by atoms with van der Waals surface area (Å²) in [5.74, 6) is 0.568. The van der Waals surface area contributed by atoms with Crippen LogP contribution in [0.25, 0.3) is 11.0 Å². The third-order valence-corrected chi connectivity index (χ3v) is 5.07. The van der Waals surface area contributed by atoms with Crippen LogP contribution in [0.4, 0.5) is 0 Å². The van der Waals surface area contributed by atoms with E-state index >= 15 is 0 Å². The molecule has 1 heterocycles. The van der Waals surface area contributed by atoms with Crippen molar-refractivity contribution in [1.29, 1.82) is 0 Å². The van der Waals surface area contributed by atoms with Gasteiger partial charge in [-0.2, -0.15) is 0 Å². The highest BCUT2D eigenvalue weighted by Crippen LogP contribution is 2.24. The van der Waals surface area contributed by atoms with Crippen molar-refractivity contribution in [2.75, 3.05) is 13.7 Å². The molecular formula is C23H25NO4. The number of carbonyl (C=O) groups is 1. The molecule has 28 heavy (non-hydrogen) atoms. The van der Waals surface area contributed by atoms with Crippen molar-refractivity contribution in [2.24, 2.45) is 0 Å². The molecule has 0 fully saturated rings. The van der Waals surface area contributed by atoms with Gasteiger partial charge in [0.1, 0.15) is 11.3 Å². The number of nitrogens with one attached hydrogen (secondary N) is 1. The fraction of sp³-hybridized carbons (Fsp3) is 0.304. The molecule has 3 aromatic rings. The van der Waals surface area contributed by atoms with Crippen molar-refractivity contribution >= 4 is 16.9 Å². The summed E-state index contributed by atoms with van der Waals surface area (Å²) in [6.45, 7) is 4.53. The predicted molar refractivity (Wildman–Crippen MR) is 110 cm³/mol. The summed E-state index contributed by atoms with van der Waals surface area (Å²) in [7, 11) is 1.57. The summed E-state index contributed by atoms with van der Waals surface area (Å²) in [5.41, 5.74) is 3.94. The van der Waals surface area contributed by atoms with Gasteiger partial charge in [0.2, 0.25) is 5.91 Å². The van der Waals surface area contributed by atoms with E-state index in [1.807, 2.05) is 31.2 Å². The second-order valence-corrected chi connectivity index (χ2v) is 6.88. The highest BCUT2D eigenvalue weighted by molar-refractivity contribution is 5.82. The van der Waals surface area contributed by atoms with Gasteiger partial charge < -0.3 is 14.5 Å². The summed E-state index contributed by atoms with van der Waals surface area (Å²) < 4.78 is 10.6. The van der Waals surface area contributed by atoms with Crippen LogP contribution >= 0.6 is 0 Å². The van der Waals surface area contributed by atoms with E-state index in [0.29, 0.717) is 29.9 Å². The molecule has 146 valence electrons. The van der Waals surface area contributed by atoms with Crippen LogP contribution in [0.15, 0.2) is 51.7 Å². The Labute approximate surface area is 164 Å². The highest BCUT2D eigenvalue weighted by atomic mass is 16.5. The van der Waals surface area contributed by atoms with Gasteiger partial charge in [0.05, 0.1) is 7.11 Å². The maximum absolute atomic E-state index is 12.4. The first kappa shape index (κ1) is 19.7. The highest BCUT2D eigenvalue weighted by Gasteiger charge is 2.13. The number of benzene rings is 2.